The van der Waals surface area contributed by atoms with Crippen LogP contribution < -0.4 is 0 Å². The van der Waals surface area contributed by atoms with Crippen molar-refractivity contribution in [3.63, 3.8) is 0 Å². The van der Waals surface area contributed by atoms with Crippen LogP contribution in [0.1, 0.15) is 136 Å². The minimum absolute atomic E-state index is 0.0269. The number of aliphatic hydroxyl groups excluding tert-OH is 2. The van der Waals surface area contributed by atoms with Gasteiger partial charge < -0.3 is 19.8 Å². The highest BCUT2D eigenvalue weighted by Crippen LogP contribution is 2.11. The summed E-state index contributed by atoms with van der Waals surface area (Å²) in [6.45, 7) is 7.82. The average Bonchev–Trinajstić information content (AvgIpc) is 2.79. The molecule has 33 heavy (non-hydrogen) atoms. The molecule has 1 unspecified atom stereocenters. The Kier molecular flexibility index (Phi) is 25.5. The van der Waals surface area contributed by atoms with Crippen LogP contribution in [0.3, 0.4) is 0 Å². The smallest absolute Gasteiger partial charge is 0.305 e. The molecular weight excluding hydrogens is 414 g/mol. The lowest BCUT2D eigenvalue weighted by Gasteiger charge is -2.21. The fraction of sp³-hybridized carbons (Fsp3) is 0.964. The molecule has 1 atom stereocenters. The first-order valence-electron chi connectivity index (χ1n) is 14.3. The first-order valence-corrected chi connectivity index (χ1v) is 14.3. The van der Waals surface area contributed by atoms with Crippen LogP contribution in [0.4, 0.5) is 0 Å². The number of ether oxygens (including phenoxy) is 1. The van der Waals surface area contributed by atoms with E-state index in [0.717, 1.165) is 58.2 Å². The number of hydrogen-bond acceptors (Lipinski definition) is 5. The second kappa shape index (κ2) is 26.0. The van der Waals surface area contributed by atoms with Gasteiger partial charge in [0.2, 0.25) is 0 Å². The Morgan fingerprint density at radius 2 is 1.24 bits per heavy atom. The number of carbonyl (C=O) groups excluding carboxylic acids is 1. The van der Waals surface area contributed by atoms with Crippen LogP contribution in [0.5, 0.6) is 0 Å². The van der Waals surface area contributed by atoms with Gasteiger partial charge in [0, 0.05) is 13.0 Å². The molecule has 0 saturated carbocycles. The Morgan fingerprint density at radius 1 is 0.727 bits per heavy atom. The maximum atomic E-state index is 11.8. The third kappa shape index (κ3) is 25.8. The van der Waals surface area contributed by atoms with E-state index >= 15 is 0 Å². The third-order valence-electron chi connectivity index (χ3n) is 6.38. The van der Waals surface area contributed by atoms with Gasteiger partial charge in [-0.1, -0.05) is 90.4 Å². The van der Waals surface area contributed by atoms with Crippen molar-refractivity contribution in [2.75, 3.05) is 32.8 Å². The molecule has 0 aliphatic heterocycles. The molecular formula is C28H57NO4. The maximum Gasteiger partial charge on any atom is 0.305 e. The fourth-order valence-electron chi connectivity index (χ4n) is 4.23. The Bertz CT molecular complexity index is 403. The molecule has 198 valence electrons. The molecule has 0 bridgehead atoms. The largest absolute Gasteiger partial charge is 0.466 e. The molecule has 0 fully saturated rings. The summed E-state index contributed by atoms with van der Waals surface area (Å²) in [7, 11) is 0. The van der Waals surface area contributed by atoms with E-state index in [1.54, 1.807) is 0 Å². The first kappa shape index (κ1) is 32.4. The first-order chi connectivity index (χ1) is 16.1. The van der Waals surface area contributed by atoms with Crippen molar-refractivity contribution < 1.29 is 19.7 Å². The van der Waals surface area contributed by atoms with Crippen LogP contribution in [-0.2, 0) is 9.53 Å². The fourth-order valence-corrected chi connectivity index (χ4v) is 4.23. The van der Waals surface area contributed by atoms with Gasteiger partial charge in [0.1, 0.15) is 0 Å². The summed E-state index contributed by atoms with van der Waals surface area (Å²) in [4.78, 5) is 14.2. The van der Waals surface area contributed by atoms with Gasteiger partial charge in [-0.15, -0.1) is 0 Å². The molecule has 0 aromatic heterocycles. The quantitative estimate of drug-likeness (QED) is 0.109. The number of nitrogens with zero attached hydrogens (tertiary/aromatic N) is 1. The van der Waals surface area contributed by atoms with Gasteiger partial charge in [-0.05, 0) is 52.1 Å². The van der Waals surface area contributed by atoms with E-state index in [0.29, 0.717) is 13.0 Å². The van der Waals surface area contributed by atoms with Gasteiger partial charge in [-0.25, -0.2) is 0 Å². The van der Waals surface area contributed by atoms with Crippen LogP contribution in [0, 0.1) is 0 Å². The van der Waals surface area contributed by atoms with Crippen LogP contribution in [0.15, 0.2) is 0 Å². The molecule has 5 heteroatoms. The maximum absolute atomic E-state index is 11.8. The molecule has 0 heterocycles. The summed E-state index contributed by atoms with van der Waals surface area (Å²) in [6, 6.07) is 0. The molecule has 0 rings (SSSR count). The molecule has 0 radical (unpaired) electrons. The number of aliphatic hydroxyl groups is 2. The summed E-state index contributed by atoms with van der Waals surface area (Å²) in [5, 5.41) is 18.6. The van der Waals surface area contributed by atoms with Crippen LogP contribution >= 0.6 is 0 Å². The zero-order valence-electron chi connectivity index (χ0n) is 22.2. The summed E-state index contributed by atoms with van der Waals surface area (Å²) in [5.74, 6) is -0.0269. The summed E-state index contributed by atoms with van der Waals surface area (Å²) in [6.07, 6.45) is 21.6. The second-order valence-corrected chi connectivity index (χ2v) is 9.83. The SMILES string of the molecule is CCCCCCCCCOC(=O)CCCCCCCN(CCO)CCCCCCCC(C)O. The van der Waals surface area contributed by atoms with Crippen molar-refractivity contribution in [3.8, 4) is 0 Å². The molecule has 0 saturated heterocycles. The minimum atomic E-state index is -0.168. The third-order valence-corrected chi connectivity index (χ3v) is 6.38. The zero-order chi connectivity index (χ0) is 24.4. The van der Waals surface area contributed by atoms with E-state index in [-0.39, 0.29) is 18.7 Å². The van der Waals surface area contributed by atoms with E-state index in [4.69, 9.17) is 4.74 Å². The molecule has 0 aliphatic carbocycles. The number of carbonyl (C=O) groups is 1. The Balaban J connectivity index is 3.50. The number of esters is 1. The average molecular weight is 472 g/mol. The molecule has 0 amide bonds. The standard InChI is InChI=1S/C28H57NO4/c1-3-4-5-6-7-14-19-26-33-28(32)21-16-11-9-13-18-23-29(24-25-30)22-17-12-8-10-15-20-27(2)31/h27,30-31H,3-26H2,1-2H3. The molecule has 2 N–H and O–H groups in total. The van der Waals surface area contributed by atoms with Crippen molar-refractivity contribution >= 4 is 5.97 Å². The Morgan fingerprint density at radius 3 is 1.82 bits per heavy atom. The summed E-state index contributed by atoms with van der Waals surface area (Å²) in [5.41, 5.74) is 0. The molecule has 0 aliphatic rings. The van der Waals surface area contributed by atoms with Crippen LogP contribution in [0.2, 0.25) is 0 Å². The van der Waals surface area contributed by atoms with E-state index < -0.39 is 0 Å². The van der Waals surface area contributed by atoms with Gasteiger partial charge in [0.15, 0.2) is 0 Å². The topological polar surface area (TPSA) is 70.0 Å². The highest BCUT2D eigenvalue weighted by molar-refractivity contribution is 5.69. The Hall–Kier alpha value is -0.650. The zero-order valence-corrected chi connectivity index (χ0v) is 22.2. The number of rotatable bonds is 26. The van der Waals surface area contributed by atoms with Gasteiger partial charge in [-0.2, -0.15) is 0 Å². The lowest BCUT2D eigenvalue weighted by Crippen LogP contribution is -2.29. The predicted molar refractivity (Wildman–Crippen MR) is 140 cm³/mol. The van der Waals surface area contributed by atoms with Crippen LogP contribution in [0.25, 0.3) is 0 Å². The highest BCUT2D eigenvalue weighted by atomic mass is 16.5. The number of unbranched alkanes of at least 4 members (excludes halogenated alkanes) is 14. The van der Waals surface area contributed by atoms with Gasteiger partial charge in [0.05, 0.1) is 19.3 Å². The van der Waals surface area contributed by atoms with Crippen molar-refractivity contribution in [2.24, 2.45) is 0 Å². The molecule has 0 aromatic carbocycles. The van der Waals surface area contributed by atoms with Gasteiger partial charge in [0.25, 0.3) is 0 Å². The van der Waals surface area contributed by atoms with E-state index in [1.807, 2.05) is 6.92 Å². The lowest BCUT2D eigenvalue weighted by atomic mass is 10.1. The normalized spacial score (nSPS) is 12.4. The minimum Gasteiger partial charge on any atom is -0.466 e. The van der Waals surface area contributed by atoms with Gasteiger partial charge in [-0.3, -0.25) is 4.79 Å². The monoisotopic (exact) mass is 471 g/mol. The van der Waals surface area contributed by atoms with Crippen molar-refractivity contribution in [3.05, 3.63) is 0 Å². The van der Waals surface area contributed by atoms with Crippen LogP contribution in [-0.4, -0.2) is 60.0 Å². The highest BCUT2D eigenvalue weighted by Gasteiger charge is 2.05. The van der Waals surface area contributed by atoms with E-state index in [2.05, 4.69) is 11.8 Å². The Labute approximate surface area is 205 Å². The number of hydrogen-bond donors (Lipinski definition) is 2. The van der Waals surface area contributed by atoms with Gasteiger partial charge >= 0.3 is 5.97 Å². The summed E-state index contributed by atoms with van der Waals surface area (Å²) >= 11 is 0. The van der Waals surface area contributed by atoms with Crippen molar-refractivity contribution in [2.45, 2.75) is 142 Å². The second-order valence-electron chi connectivity index (χ2n) is 9.83. The van der Waals surface area contributed by atoms with E-state index in [9.17, 15) is 15.0 Å². The predicted octanol–water partition coefficient (Wildman–Crippen LogP) is 6.64. The lowest BCUT2D eigenvalue weighted by molar-refractivity contribution is -0.143. The van der Waals surface area contributed by atoms with Crippen molar-refractivity contribution in [1.82, 2.24) is 4.90 Å². The molecule has 5 nitrogen and oxygen atoms in total. The summed E-state index contributed by atoms with van der Waals surface area (Å²) < 4.78 is 5.35. The molecule has 0 aromatic rings. The van der Waals surface area contributed by atoms with E-state index in [1.165, 1.54) is 77.0 Å². The molecule has 0 spiro atoms. The van der Waals surface area contributed by atoms with Crippen molar-refractivity contribution in [1.29, 1.82) is 0 Å².